The number of rotatable bonds is 2. The Kier molecular flexibility index (Phi) is 3.70. The predicted molar refractivity (Wildman–Crippen MR) is 54.6 cm³/mol. The maximum Gasteiger partial charge on any atom is 0.320 e. The van der Waals surface area contributed by atoms with E-state index in [9.17, 15) is 4.79 Å². The van der Waals surface area contributed by atoms with Gasteiger partial charge in [-0.1, -0.05) is 0 Å². The molecule has 0 radical (unpaired) electrons. The summed E-state index contributed by atoms with van der Waals surface area (Å²) < 4.78 is 0.765. The van der Waals surface area contributed by atoms with E-state index >= 15 is 0 Å². The van der Waals surface area contributed by atoms with Crippen LogP contribution in [-0.2, 0) is 0 Å². The van der Waals surface area contributed by atoms with Crippen LogP contribution < -0.4 is 10.6 Å². The second kappa shape index (κ2) is 4.81. The maximum atomic E-state index is 11.1. The number of aromatic nitrogens is 1. The third-order valence-electron chi connectivity index (χ3n) is 1.33. The Labute approximate surface area is 84.9 Å². The fourth-order valence-electron chi connectivity index (χ4n) is 0.790. The van der Waals surface area contributed by atoms with Crippen molar-refractivity contribution in [1.29, 1.82) is 0 Å². The molecule has 0 atom stereocenters. The van der Waals surface area contributed by atoms with Gasteiger partial charge in [0.15, 0.2) is 0 Å². The van der Waals surface area contributed by atoms with Crippen molar-refractivity contribution in [3.05, 3.63) is 22.8 Å². The molecule has 0 fully saturated rings. The number of hydrogen-bond donors (Lipinski definition) is 2. The number of carbonyl (C=O) groups is 1. The first-order chi connectivity index (χ1) is 6.24. The molecule has 1 heterocycles. The van der Waals surface area contributed by atoms with E-state index < -0.39 is 0 Å². The van der Waals surface area contributed by atoms with Gasteiger partial charge in [0.25, 0.3) is 0 Å². The van der Waals surface area contributed by atoms with E-state index in [4.69, 9.17) is 0 Å². The summed E-state index contributed by atoms with van der Waals surface area (Å²) in [4.78, 5) is 15.1. The average Bonchev–Trinajstić information content (AvgIpc) is 2.09. The smallest absolute Gasteiger partial charge is 0.320 e. The van der Waals surface area contributed by atoms with Crippen LogP contribution in [0.3, 0.4) is 0 Å². The Morgan fingerprint density at radius 3 is 3.08 bits per heavy atom. The molecule has 4 nitrogen and oxygen atoms in total. The number of hydrogen-bond acceptors (Lipinski definition) is 2. The summed E-state index contributed by atoms with van der Waals surface area (Å²) in [5.41, 5.74) is 0. The van der Waals surface area contributed by atoms with Crippen LogP contribution in [0, 0.1) is 0 Å². The lowest BCUT2D eigenvalue weighted by atomic mass is 10.5. The third-order valence-corrected chi connectivity index (χ3v) is 1.97. The maximum absolute atomic E-state index is 11.1. The van der Waals surface area contributed by atoms with E-state index in [0.717, 1.165) is 4.47 Å². The van der Waals surface area contributed by atoms with Crippen LogP contribution in [0.5, 0.6) is 0 Å². The van der Waals surface area contributed by atoms with Gasteiger partial charge in [0, 0.05) is 12.7 Å². The van der Waals surface area contributed by atoms with Gasteiger partial charge in [0.2, 0.25) is 0 Å². The van der Waals surface area contributed by atoms with Crippen LogP contribution >= 0.6 is 15.9 Å². The van der Waals surface area contributed by atoms with Crippen molar-refractivity contribution in [2.45, 2.75) is 6.92 Å². The molecule has 70 valence electrons. The van der Waals surface area contributed by atoms with Crippen LogP contribution in [0.2, 0.25) is 0 Å². The van der Waals surface area contributed by atoms with Gasteiger partial charge in [-0.2, -0.15) is 0 Å². The molecule has 0 bridgehead atoms. The molecule has 5 heteroatoms. The number of pyridine rings is 1. The molecule has 2 N–H and O–H groups in total. The highest BCUT2D eigenvalue weighted by Crippen LogP contribution is 2.17. The van der Waals surface area contributed by atoms with Crippen molar-refractivity contribution >= 4 is 27.8 Å². The lowest BCUT2D eigenvalue weighted by Crippen LogP contribution is -2.28. The first-order valence-corrected chi connectivity index (χ1v) is 4.68. The first kappa shape index (κ1) is 9.98. The monoisotopic (exact) mass is 243 g/mol. The van der Waals surface area contributed by atoms with Gasteiger partial charge in [-0.15, -0.1) is 0 Å². The Balaban J connectivity index is 2.63. The molecule has 0 saturated carbocycles. The standard InChI is InChI=1S/C8H10BrN3O/c1-2-10-8(13)12-7-6(9)4-3-5-11-7/h3-5H,2H2,1H3,(H2,10,11,12,13). The van der Waals surface area contributed by atoms with Gasteiger partial charge in [0.05, 0.1) is 4.47 Å². The zero-order chi connectivity index (χ0) is 9.68. The summed E-state index contributed by atoms with van der Waals surface area (Å²) in [5.74, 6) is 0.522. The molecule has 1 aromatic rings. The number of urea groups is 1. The summed E-state index contributed by atoms with van der Waals surface area (Å²) in [7, 11) is 0. The molecule has 0 spiro atoms. The van der Waals surface area contributed by atoms with E-state index in [1.807, 2.05) is 13.0 Å². The molecule has 1 rings (SSSR count). The van der Waals surface area contributed by atoms with Gasteiger partial charge in [-0.05, 0) is 35.0 Å². The number of nitrogens with zero attached hydrogens (tertiary/aromatic N) is 1. The lowest BCUT2D eigenvalue weighted by Gasteiger charge is -2.05. The summed E-state index contributed by atoms with van der Waals surface area (Å²) in [6, 6.07) is 3.35. The van der Waals surface area contributed by atoms with E-state index in [0.29, 0.717) is 12.4 Å². The van der Waals surface area contributed by atoms with Crippen LogP contribution in [0.15, 0.2) is 22.8 Å². The zero-order valence-corrected chi connectivity index (χ0v) is 8.76. The Morgan fingerprint density at radius 2 is 2.46 bits per heavy atom. The fraction of sp³-hybridized carbons (Fsp3) is 0.250. The molecular formula is C8H10BrN3O. The van der Waals surface area contributed by atoms with Crippen LogP contribution in [-0.4, -0.2) is 17.6 Å². The molecular weight excluding hydrogens is 234 g/mol. The quantitative estimate of drug-likeness (QED) is 0.835. The average molecular weight is 244 g/mol. The minimum Gasteiger partial charge on any atom is -0.338 e. The van der Waals surface area contributed by atoms with Crippen molar-refractivity contribution in [3.63, 3.8) is 0 Å². The van der Waals surface area contributed by atoms with E-state index in [1.165, 1.54) is 0 Å². The fourth-order valence-corrected chi connectivity index (χ4v) is 1.14. The van der Waals surface area contributed by atoms with E-state index in [-0.39, 0.29) is 6.03 Å². The van der Waals surface area contributed by atoms with Crippen molar-refractivity contribution in [3.8, 4) is 0 Å². The van der Waals surface area contributed by atoms with Gasteiger partial charge in [-0.25, -0.2) is 9.78 Å². The van der Waals surface area contributed by atoms with Gasteiger partial charge in [0.1, 0.15) is 5.82 Å². The largest absolute Gasteiger partial charge is 0.338 e. The van der Waals surface area contributed by atoms with Gasteiger partial charge < -0.3 is 5.32 Å². The van der Waals surface area contributed by atoms with E-state index in [2.05, 4.69) is 31.5 Å². The number of amides is 2. The summed E-state index contributed by atoms with van der Waals surface area (Å²) in [5, 5.41) is 5.21. The molecule has 0 aliphatic heterocycles. The predicted octanol–water partition coefficient (Wildman–Crippen LogP) is 1.99. The van der Waals surface area contributed by atoms with Crippen LogP contribution in [0.1, 0.15) is 6.92 Å². The number of carbonyl (C=O) groups excluding carboxylic acids is 1. The highest BCUT2D eigenvalue weighted by atomic mass is 79.9. The number of halogens is 1. The SMILES string of the molecule is CCNC(=O)Nc1ncccc1Br. The Bertz CT molecular complexity index is 303. The number of anilines is 1. The zero-order valence-electron chi connectivity index (χ0n) is 7.17. The first-order valence-electron chi connectivity index (χ1n) is 3.89. The van der Waals surface area contributed by atoms with Crippen molar-refractivity contribution in [2.75, 3.05) is 11.9 Å². The topological polar surface area (TPSA) is 54.0 Å². The molecule has 0 unspecified atom stereocenters. The molecule has 0 aliphatic carbocycles. The Morgan fingerprint density at radius 1 is 1.69 bits per heavy atom. The second-order valence-electron chi connectivity index (χ2n) is 2.32. The summed E-state index contributed by atoms with van der Waals surface area (Å²) in [6.07, 6.45) is 1.62. The van der Waals surface area contributed by atoms with E-state index in [1.54, 1.807) is 12.3 Å². The molecule has 13 heavy (non-hydrogen) atoms. The van der Waals surface area contributed by atoms with Crippen molar-refractivity contribution < 1.29 is 4.79 Å². The molecule has 0 aromatic carbocycles. The molecule has 0 saturated heterocycles. The molecule has 2 amide bonds. The van der Waals surface area contributed by atoms with Crippen LogP contribution in [0.4, 0.5) is 10.6 Å². The van der Waals surface area contributed by atoms with Gasteiger partial charge in [-0.3, -0.25) is 5.32 Å². The normalized spacial score (nSPS) is 9.38. The Hall–Kier alpha value is -1.10. The highest BCUT2D eigenvalue weighted by molar-refractivity contribution is 9.10. The van der Waals surface area contributed by atoms with Crippen LogP contribution in [0.25, 0.3) is 0 Å². The second-order valence-corrected chi connectivity index (χ2v) is 3.17. The summed E-state index contributed by atoms with van der Waals surface area (Å²) >= 11 is 3.27. The van der Waals surface area contributed by atoms with Crippen molar-refractivity contribution in [1.82, 2.24) is 10.3 Å². The number of nitrogens with one attached hydrogen (secondary N) is 2. The minimum atomic E-state index is -0.248. The lowest BCUT2D eigenvalue weighted by molar-refractivity contribution is 0.252. The van der Waals surface area contributed by atoms with Gasteiger partial charge >= 0.3 is 6.03 Å². The highest BCUT2D eigenvalue weighted by Gasteiger charge is 2.03. The molecule has 0 aliphatic rings. The summed E-state index contributed by atoms with van der Waals surface area (Å²) in [6.45, 7) is 2.45. The molecule has 1 aromatic heterocycles. The minimum absolute atomic E-state index is 0.248. The van der Waals surface area contributed by atoms with Crippen molar-refractivity contribution in [2.24, 2.45) is 0 Å². The third kappa shape index (κ3) is 3.02.